The molecule has 2 aromatic carbocycles. The van der Waals surface area contributed by atoms with Crippen molar-refractivity contribution >= 4 is 34.6 Å². The first-order valence-electron chi connectivity index (χ1n) is 9.15. The topological polar surface area (TPSA) is 71.5 Å². The second-order valence-corrected chi connectivity index (χ2v) is 7.78. The highest BCUT2D eigenvalue weighted by molar-refractivity contribution is 7.09. The van der Waals surface area contributed by atoms with E-state index in [0.29, 0.717) is 16.3 Å². The Morgan fingerprint density at radius 2 is 1.76 bits per heavy atom. The van der Waals surface area contributed by atoms with Crippen LogP contribution in [-0.2, 0) is 22.6 Å². The zero-order valence-electron chi connectivity index (χ0n) is 16.6. The van der Waals surface area contributed by atoms with Crippen LogP contribution < -0.4 is 10.2 Å². The maximum Gasteiger partial charge on any atom is 0.338 e. The molecule has 3 aromatic rings. The lowest BCUT2D eigenvalue weighted by Crippen LogP contribution is -2.14. The Balaban J connectivity index is 1.50. The van der Waals surface area contributed by atoms with Crippen molar-refractivity contribution in [1.29, 1.82) is 0 Å². The van der Waals surface area contributed by atoms with Gasteiger partial charge in [0.05, 0.1) is 17.7 Å². The van der Waals surface area contributed by atoms with E-state index >= 15 is 0 Å². The van der Waals surface area contributed by atoms with E-state index in [9.17, 15) is 9.59 Å². The average molecular weight is 410 g/mol. The van der Waals surface area contributed by atoms with E-state index in [4.69, 9.17) is 4.74 Å². The maximum atomic E-state index is 12.2. The Labute approximate surface area is 174 Å². The lowest BCUT2D eigenvalue weighted by atomic mass is 10.2. The summed E-state index contributed by atoms with van der Waals surface area (Å²) in [7, 11) is 3.88. The highest BCUT2D eigenvalue weighted by Crippen LogP contribution is 2.16. The number of thiazole rings is 1. The van der Waals surface area contributed by atoms with Gasteiger partial charge in [0.2, 0.25) is 5.91 Å². The van der Waals surface area contributed by atoms with Crippen LogP contribution in [0.5, 0.6) is 0 Å². The van der Waals surface area contributed by atoms with E-state index in [1.807, 2.05) is 62.3 Å². The standard InChI is InChI=1S/C22H23N3O3S/c1-15-4-8-17(9-5-15)23-20(26)12-21-24-18(14-29-21)13-28-22(27)16-6-10-19(11-7-16)25(2)3/h4-11,14H,12-13H2,1-3H3,(H,23,26). The highest BCUT2D eigenvalue weighted by atomic mass is 32.1. The van der Waals surface area contributed by atoms with Crippen LogP contribution in [0, 0.1) is 6.92 Å². The highest BCUT2D eigenvalue weighted by Gasteiger charge is 2.12. The number of carbonyl (C=O) groups excluding carboxylic acids is 2. The first kappa shape index (κ1) is 20.5. The second-order valence-electron chi connectivity index (χ2n) is 6.84. The number of rotatable bonds is 7. The molecule has 0 aliphatic rings. The number of hydrogen-bond donors (Lipinski definition) is 1. The lowest BCUT2D eigenvalue weighted by molar-refractivity contribution is -0.115. The third-order valence-corrected chi connectivity index (χ3v) is 5.11. The summed E-state index contributed by atoms with van der Waals surface area (Å²) >= 11 is 1.37. The molecule has 1 amide bonds. The van der Waals surface area contributed by atoms with Gasteiger partial charge in [0.15, 0.2) is 0 Å². The molecule has 150 valence electrons. The van der Waals surface area contributed by atoms with Crippen LogP contribution in [0.2, 0.25) is 0 Å². The van der Waals surface area contributed by atoms with Crippen molar-refractivity contribution in [1.82, 2.24) is 4.98 Å². The largest absolute Gasteiger partial charge is 0.456 e. The van der Waals surface area contributed by atoms with Gasteiger partial charge in [0.25, 0.3) is 0 Å². The minimum atomic E-state index is -0.401. The first-order chi connectivity index (χ1) is 13.9. The Hall–Kier alpha value is -3.19. The van der Waals surface area contributed by atoms with Crippen molar-refractivity contribution in [2.75, 3.05) is 24.3 Å². The molecule has 3 rings (SSSR count). The predicted octanol–water partition coefficient (Wildman–Crippen LogP) is 4.06. The van der Waals surface area contributed by atoms with E-state index in [1.54, 1.807) is 17.5 Å². The minimum Gasteiger partial charge on any atom is -0.456 e. The van der Waals surface area contributed by atoms with Gasteiger partial charge < -0.3 is 15.0 Å². The number of esters is 1. The summed E-state index contributed by atoms with van der Waals surface area (Å²) < 4.78 is 5.33. The molecular formula is C22H23N3O3S. The molecule has 1 aromatic heterocycles. The average Bonchev–Trinajstić information content (AvgIpc) is 3.15. The van der Waals surface area contributed by atoms with Crippen molar-refractivity contribution in [2.24, 2.45) is 0 Å². The number of benzene rings is 2. The monoisotopic (exact) mass is 409 g/mol. The van der Waals surface area contributed by atoms with Gasteiger partial charge in [-0.3, -0.25) is 4.79 Å². The molecular weight excluding hydrogens is 386 g/mol. The van der Waals surface area contributed by atoms with Gasteiger partial charge in [-0.2, -0.15) is 0 Å². The van der Waals surface area contributed by atoms with Crippen LogP contribution in [0.1, 0.15) is 26.6 Å². The maximum absolute atomic E-state index is 12.2. The van der Waals surface area contributed by atoms with E-state index in [2.05, 4.69) is 10.3 Å². The molecule has 0 spiro atoms. The second kappa shape index (κ2) is 9.34. The Bertz CT molecular complexity index is 979. The zero-order valence-corrected chi connectivity index (χ0v) is 17.5. The molecule has 0 saturated heterocycles. The Morgan fingerprint density at radius 1 is 1.07 bits per heavy atom. The van der Waals surface area contributed by atoms with Crippen LogP contribution in [0.3, 0.4) is 0 Å². The number of carbonyl (C=O) groups is 2. The van der Waals surface area contributed by atoms with E-state index in [1.165, 1.54) is 11.3 Å². The molecule has 0 unspecified atom stereocenters. The zero-order chi connectivity index (χ0) is 20.8. The van der Waals surface area contributed by atoms with Crippen molar-refractivity contribution < 1.29 is 14.3 Å². The Morgan fingerprint density at radius 3 is 2.41 bits per heavy atom. The number of hydrogen-bond acceptors (Lipinski definition) is 6. The molecule has 0 aliphatic carbocycles. The quantitative estimate of drug-likeness (QED) is 0.596. The van der Waals surface area contributed by atoms with Gasteiger partial charge in [-0.05, 0) is 43.3 Å². The van der Waals surface area contributed by atoms with Crippen molar-refractivity contribution in [2.45, 2.75) is 20.0 Å². The fraction of sp³-hybridized carbons (Fsp3) is 0.227. The van der Waals surface area contributed by atoms with Gasteiger partial charge in [-0.15, -0.1) is 11.3 Å². The number of ether oxygens (including phenoxy) is 1. The number of anilines is 2. The number of nitrogens with zero attached hydrogens (tertiary/aromatic N) is 2. The fourth-order valence-electron chi connectivity index (χ4n) is 2.59. The molecule has 7 heteroatoms. The SMILES string of the molecule is Cc1ccc(NC(=O)Cc2nc(COC(=O)c3ccc(N(C)C)cc3)cs2)cc1. The van der Waals surface area contributed by atoms with Crippen LogP contribution in [0.15, 0.2) is 53.9 Å². The van der Waals surface area contributed by atoms with Crippen molar-refractivity contribution in [3.05, 3.63) is 75.7 Å². The summed E-state index contributed by atoms with van der Waals surface area (Å²) in [6.45, 7) is 2.07. The molecule has 29 heavy (non-hydrogen) atoms. The molecule has 0 fully saturated rings. The fourth-order valence-corrected chi connectivity index (χ4v) is 3.37. The number of amides is 1. The Kier molecular flexibility index (Phi) is 6.61. The van der Waals surface area contributed by atoms with E-state index < -0.39 is 5.97 Å². The van der Waals surface area contributed by atoms with Crippen molar-refractivity contribution in [3.8, 4) is 0 Å². The van der Waals surface area contributed by atoms with Gasteiger partial charge in [-0.25, -0.2) is 9.78 Å². The molecule has 1 N–H and O–H groups in total. The van der Waals surface area contributed by atoms with Crippen molar-refractivity contribution in [3.63, 3.8) is 0 Å². The van der Waals surface area contributed by atoms with E-state index in [-0.39, 0.29) is 18.9 Å². The smallest absolute Gasteiger partial charge is 0.338 e. The minimum absolute atomic E-state index is 0.0738. The molecule has 1 heterocycles. The summed E-state index contributed by atoms with van der Waals surface area (Å²) in [5.74, 6) is -0.533. The number of nitrogens with one attached hydrogen (secondary N) is 1. The van der Waals surface area contributed by atoms with Crippen LogP contribution in [-0.4, -0.2) is 31.0 Å². The molecule has 0 atom stereocenters. The van der Waals surface area contributed by atoms with Gasteiger partial charge in [0, 0.05) is 30.9 Å². The summed E-state index contributed by atoms with van der Waals surface area (Å²) in [5.41, 5.74) is 4.02. The molecule has 0 bridgehead atoms. The molecule has 6 nitrogen and oxygen atoms in total. The number of aromatic nitrogens is 1. The van der Waals surface area contributed by atoms with Crippen LogP contribution in [0.4, 0.5) is 11.4 Å². The van der Waals surface area contributed by atoms with Crippen LogP contribution in [0.25, 0.3) is 0 Å². The summed E-state index contributed by atoms with van der Waals surface area (Å²) in [6, 6.07) is 14.8. The normalized spacial score (nSPS) is 10.4. The molecule has 0 saturated carbocycles. The third-order valence-electron chi connectivity index (χ3n) is 4.22. The van der Waals surface area contributed by atoms with Crippen LogP contribution >= 0.6 is 11.3 Å². The number of aryl methyl sites for hydroxylation is 1. The third kappa shape index (κ3) is 5.89. The first-order valence-corrected chi connectivity index (χ1v) is 10.0. The predicted molar refractivity (Wildman–Crippen MR) is 116 cm³/mol. The summed E-state index contributed by atoms with van der Waals surface area (Å²) in [5, 5.41) is 5.33. The van der Waals surface area contributed by atoms with Gasteiger partial charge >= 0.3 is 5.97 Å². The summed E-state index contributed by atoms with van der Waals surface area (Å²) in [6.07, 6.45) is 0.179. The molecule has 0 aliphatic heterocycles. The van der Waals surface area contributed by atoms with Gasteiger partial charge in [0.1, 0.15) is 11.6 Å². The van der Waals surface area contributed by atoms with Gasteiger partial charge in [-0.1, -0.05) is 17.7 Å². The molecule has 0 radical (unpaired) electrons. The van der Waals surface area contributed by atoms with E-state index in [0.717, 1.165) is 16.9 Å². The summed E-state index contributed by atoms with van der Waals surface area (Å²) in [4.78, 5) is 30.7. The lowest BCUT2D eigenvalue weighted by Gasteiger charge is -2.12.